The summed E-state index contributed by atoms with van der Waals surface area (Å²) in [5.74, 6) is 0.756. The molecule has 3 rings (SSSR count). The highest BCUT2D eigenvalue weighted by molar-refractivity contribution is 7.92. The van der Waals surface area contributed by atoms with Crippen LogP contribution < -0.4 is 19.2 Å². The molecule has 35 heavy (non-hydrogen) atoms. The number of rotatable bonds is 9. The minimum absolute atomic E-state index is 0.0949. The highest BCUT2D eigenvalue weighted by Gasteiger charge is 2.18. The van der Waals surface area contributed by atoms with Crippen molar-refractivity contribution in [3.05, 3.63) is 88.4 Å². The van der Waals surface area contributed by atoms with E-state index in [2.05, 4.69) is 10.5 Å². The second-order valence-electron chi connectivity index (χ2n) is 7.65. The van der Waals surface area contributed by atoms with Gasteiger partial charge in [-0.25, -0.2) is 13.8 Å². The predicted molar refractivity (Wildman–Crippen MR) is 138 cm³/mol. The Morgan fingerprint density at radius 2 is 1.63 bits per heavy atom. The summed E-state index contributed by atoms with van der Waals surface area (Å²) in [6, 6.07) is 18.6. The minimum Gasteiger partial charge on any atom is -0.493 e. The quantitative estimate of drug-likeness (QED) is 0.335. The Bertz CT molecular complexity index is 1340. The van der Waals surface area contributed by atoms with Crippen molar-refractivity contribution >= 4 is 38.9 Å². The lowest BCUT2D eigenvalue weighted by Gasteiger charge is -2.22. The molecule has 0 saturated carbocycles. The molecule has 8 nitrogen and oxygen atoms in total. The summed E-state index contributed by atoms with van der Waals surface area (Å²) in [6.07, 6.45) is 1.13. The third-order valence-electron chi connectivity index (χ3n) is 5.17. The van der Waals surface area contributed by atoms with Gasteiger partial charge in [0, 0.05) is 16.1 Å². The molecule has 10 heteroatoms. The number of amides is 1. The first-order valence-corrected chi connectivity index (χ1v) is 12.7. The standard InChI is InChI=1S/C25H26ClN3O5S/c1-17(20-12-13-23(33-2)24(14-20)34-3)27-28-25(30)19-10-8-18(9-11-19)16-29(35(4,31)32)22-7-5-6-21(26)15-22/h5-15H,16H2,1-4H3,(H,28,30)/b27-17-. The number of hydrogen-bond donors (Lipinski definition) is 1. The monoisotopic (exact) mass is 515 g/mol. The number of carbonyl (C=O) groups excluding carboxylic acids is 1. The fraction of sp³-hybridized carbons (Fsp3) is 0.200. The van der Waals surface area contributed by atoms with E-state index in [-0.39, 0.29) is 6.54 Å². The van der Waals surface area contributed by atoms with Crippen molar-refractivity contribution in [1.82, 2.24) is 5.43 Å². The topological polar surface area (TPSA) is 97.3 Å². The van der Waals surface area contributed by atoms with E-state index in [0.29, 0.717) is 39.0 Å². The van der Waals surface area contributed by atoms with E-state index in [1.54, 1.807) is 81.8 Å². The molecular formula is C25H26ClN3O5S. The third kappa shape index (κ3) is 6.74. The van der Waals surface area contributed by atoms with Crippen molar-refractivity contribution in [1.29, 1.82) is 0 Å². The number of hydrazone groups is 1. The largest absolute Gasteiger partial charge is 0.493 e. The Hall–Kier alpha value is -3.56. The zero-order valence-electron chi connectivity index (χ0n) is 19.8. The van der Waals surface area contributed by atoms with Crippen molar-refractivity contribution in [2.24, 2.45) is 5.10 Å². The van der Waals surface area contributed by atoms with Crippen LogP contribution in [0.5, 0.6) is 11.5 Å². The number of halogens is 1. The van der Waals surface area contributed by atoms with Gasteiger partial charge in [0.15, 0.2) is 11.5 Å². The molecule has 1 N–H and O–H groups in total. The van der Waals surface area contributed by atoms with Crippen LogP contribution in [0.25, 0.3) is 0 Å². The summed E-state index contributed by atoms with van der Waals surface area (Å²) in [5.41, 5.74) is 5.43. The summed E-state index contributed by atoms with van der Waals surface area (Å²) >= 11 is 6.03. The SMILES string of the molecule is COc1ccc(/C(C)=N\NC(=O)c2ccc(CN(c3cccc(Cl)c3)S(C)(=O)=O)cc2)cc1OC. The molecule has 0 heterocycles. The first kappa shape index (κ1) is 26.1. The van der Waals surface area contributed by atoms with Crippen LogP contribution >= 0.6 is 11.6 Å². The molecule has 1 amide bonds. The van der Waals surface area contributed by atoms with Gasteiger partial charge < -0.3 is 9.47 Å². The second kappa shape index (κ2) is 11.2. The van der Waals surface area contributed by atoms with Crippen molar-refractivity contribution in [3.63, 3.8) is 0 Å². The van der Waals surface area contributed by atoms with E-state index in [1.807, 2.05) is 6.07 Å². The van der Waals surface area contributed by atoms with Crippen LogP contribution in [0.1, 0.15) is 28.4 Å². The Morgan fingerprint density at radius 1 is 0.971 bits per heavy atom. The van der Waals surface area contributed by atoms with Crippen LogP contribution in [0.3, 0.4) is 0 Å². The maximum atomic E-state index is 12.6. The second-order valence-corrected chi connectivity index (χ2v) is 10.00. The van der Waals surface area contributed by atoms with E-state index in [4.69, 9.17) is 21.1 Å². The van der Waals surface area contributed by atoms with Gasteiger partial charge >= 0.3 is 0 Å². The van der Waals surface area contributed by atoms with Gasteiger partial charge in [0.05, 0.1) is 38.4 Å². The molecular weight excluding hydrogens is 490 g/mol. The first-order chi connectivity index (χ1) is 16.6. The van der Waals surface area contributed by atoms with Crippen LogP contribution in [0.2, 0.25) is 5.02 Å². The zero-order valence-corrected chi connectivity index (χ0v) is 21.4. The van der Waals surface area contributed by atoms with E-state index < -0.39 is 15.9 Å². The average molecular weight is 516 g/mol. The normalized spacial score (nSPS) is 11.6. The Morgan fingerprint density at radius 3 is 2.23 bits per heavy atom. The van der Waals surface area contributed by atoms with Gasteiger partial charge in [-0.05, 0) is 61.0 Å². The lowest BCUT2D eigenvalue weighted by atomic mass is 10.1. The molecule has 0 saturated heterocycles. The number of sulfonamides is 1. The number of ether oxygens (including phenoxy) is 2. The number of anilines is 1. The number of carbonyl (C=O) groups is 1. The molecule has 3 aromatic rings. The van der Waals surface area contributed by atoms with Crippen LogP contribution in [-0.2, 0) is 16.6 Å². The third-order valence-corrected chi connectivity index (χ3v) is 6.54. The number of nitrogens with zero attached hydrogens (tertiary/aromatic N) is 2. The highest BCUT2D eigenvalue weighted by atomic mass is 35.5. The fourth-order valence-corrected chi connectivity index (χ4v) is 4.35. The lowest BCUT2D eigenvalue weighted by molar-refractivity contribution is 0.0955. The minimum atomic E-state index is -3.55. The molecule has 0 bridgehead atoms. The first-order valence-electron chi connectivity index (χ1n) is 10.5. The number of methoxy groups -OCH3 is 2. The molecule has 0 aliphatic heterocycles. The van der Waals surface area contributed by atoms with Gasteiger partial charge in [-0.15, -0.1) is 0 Å². The lowest BCUT2D eigenvalue weighted by Crippen LogP contribution is -2.29. The molecule has 0 radical (unpaired) electrons. The number of benzene rings is 3. The Kier molecular flexibility index (Phi) is 8.37. The molecule has 184 valence electrons. The molecule has 0 fully saturated rings. The van der Waals surface area contributed by atoms with E-state index in [9.17, 15) is 13.2 Å². The van der Waals surface area contributed by atoms with Crippen molar-refractivity contribution < 1.29 is 22.7 Å². The molecule has 0 aliphatic rings. The van der Waals surface area contributed by atoms with Gasteiger partial charge in [0.1, 0.15) is 0 Å². The summed E-state index contributed by atoms with van der Waals surface area (Å²) in [5, 5.41) is 4.61. The molecule has 0 unspecified atom stereocenters. The zero-order chi connectivity index (χ0) is 25.6. The summed E-state index contributed by atoms with van der Waals surface area (Å²) in [6.45, 7) is 1.86. The Balaban J connectivity index is 1.71. The van der Waals surface area contributed by atoms with E-state index in [1.165, 1.54) is 4.31 Å². The van der Waals surface area contributed by atoms with Gasteiger partial charge in [0.2, 0.25) is 10.0 Å². The number of nitrogens with one attached hydrogen (secondary N) is 1. The fourth-order valence-electron chi connectivity index (χ4n) is 3.28. The summed E-state index contributed by atoms with van der Waals surface area (Å²) in [7, 11) is -0.452. The van der Waals surface area contributed by atoms with Crippen LogP contribution in [0.4, 0.5) is 5.69 Å². The summed E-state index contributed by atoms with van der Waals surface area (Å²) < 4.78 is 36.5. The van der Waals surface area contributed by atoms with Crippen molar-refractivity contribution in [2.75, 3.05) is 24.8 Å². The maximum Gasteiger partial charge on any atom is 0.271 e. The van der Waals surface area contributed by atoms with Gasteiger partial charge in [0.25, 0.3) is 5.91 Å². The van der Waals surface area contributed by atoms with Gasteiger partial charge in [-0.3, -0.25) is 9.10 Å². The van der Waals surface area contributed by atoms with Crippen LogP contribution in [0, 0.1) is 0 Å². The molecule has 0 aromatic heterocycles. The highest BCUT2D eigenvalue weighted by Crippen LogP contribution is 2.28. The van der Waals surface area contributed by atoms with Crippen LogP contribution in [0.15, 0.2) is 71.8 Å². The molecule has 3 aromatic carbocycles. The predicted octanol–water partition coefficient (Wildman–Crippen LogP) is 4.48. The maximum absolute atomic E-state index is 12.6. The van der Waals surface area contributed by atoms with Crippen molar-refractivity contribution in [2.45, 2.75) is 13.5 Å². The van der Waals surface area contributed by atoms with Crippen molar-refractivity contribution in [3.8, 4) is 11.5 Å². The molecule has 0 aliphatic carbocycles. The van der Waals surface area contributed by atoms with Gasteiger partial charge in [-0.1, -0.05) is 29.8 Å². The molecule has 0 atom stereocenters. The number of hydrogen-bond acceptors (Lipinski definition) is 6. The Labute approximate surface area is 210 Å². The smallest absolute Gasteiger partial charge is 0.271 e. The van der Waals surface area contributed by atoms with Gasteiger partial charge in [-0.2, -0.15) is 5.10 Å². The summed E-state index contributed by atoms with van der Waals surface area (Å²) in [4.78, 5) is 12.6. The van der Waals surface area contributed by atoms with E-state index in [0.717, 1.165) is 11.8 Å². The van der Waals surface area contributed by atoms with E-state index >= 15 is 0 Å². The average Bonchev–Trinajstić information content (AvgIpc) is 2.84. The van der Waals surface area contributed by atoms with Crippen LogP contribution in [-0.4, -0.2) is 40.5 Å². The molecule has 0 spiro atoms.